The van der Waals surface area contributed by atoms with Gasteiger partial charge in [0.05, 0.1) is 11.1 Å². The molecule has 0 radical (unpaired) electrons. The highest BCUT2D eigenvalue weighted by atomic mass is 32.1. The number of carbonyl (C=O) groups excluding carboxylic acids is 1. The molecular formula is C16H15NO2S. The predicted molar refractivity (Wildman–Crippen MR) is 79.0 cm³/mol. The first-order valence-corrected chi connectivity index (χ1v) is 7.40. The van der Waals surface area contributed by atoms with E-state index in [1.807, 2.05) is 18.2 Å². The Morgan fingerprint density at radius 3 is 2.70 bits per heavy atom. The van der Waals surface area contributed by atoms with E-state index in [4.69, 9.17) is 10.00 Å². The molecule has 102 valence electrons. The largest absolute Gasteiger partial charge is 0.412 e. The minimum Gasteiger partial charge on any atom is -0.412 e. The van der Waals surface area contributed by atoms with Crippen LogP contribution in [0.15, 0.2) is 35.7 Å². The molecule has 0 bridgehead atoms. The van der Waals surface area contributed by atoms with Gasteiger partial charge in [0, 0.05) is 11.4 Å². The van der Waals surface area contributed by atoms with E-state index in [-0.39, 0.29) is 0 Å². The first kappa shape index (κ1) is 14.3. The summed E-state index contributed by atoms with van der Waals surface area (Å²) >= 11 is 1.25. The number of carbonyl (C=O) groups is 1. The summed E-state index contributed by atoms with van der Waals surface area (Å²) in [5.41, 5.74) is 2.26. The second-order valence-electron chi connectivity index (χ2n) is 4.46. The van der Waals surface area contributed by atoms with Gasteiger partial charge in [-0.05, 0) is 30.5 Å². The first-order chi connectivity index (χ1) is 9.72. The van der Waals surface area contributed by atoms with Gasteiger partial charge < -0.3 is 4.74 Å². The fourth-order valence-corrected chi connectivity index (χ4v) is 2.45. The van der Waals surface area contributed by atoms with Crippen LogP contribution in [0.1, 0.15) is 41.3 Å². The van der Waals surface area contributed by atoms with Crippen LogP contribution < -0.4 is 4.74 Å². The number of benzene rings is 1. The molecule has 2 aromatic rings. The van der Waals surface area contributed by atoms with Crippen molar-refractivity contribution in [1.29, 1.82) is 5.26 Å². The zero-order chi connectivity index (χ0) is 14.4. The molecule has 2 rings (SSSR count). The summed E-state index contributed by atoms with van der Waals surface area (Å²) in [4.78, 5) is 11.9. The minimum atomic E-state index is -0.390. The van der Waals surface area contributed by atoms with Gasteiger partial charge in [-0.1, -0.05) is 25.5 Å². The predicted octanol–water partition coefficient (Wildman–Crippen LogP) is 4.18. The molecule has 0 amide bonds. The third kappa shape index (κ3) is 3.69. The van der Waals surface area contributed by atoms with Crippen LogP contribution in [0.25, 0.3) is 0 Å². The third-order valence-corrected chi connectivity index (χ3v) is 3.71. The van der Waals surface area contributed by atoms with Crippen molar-refractivity contribution in [2.45, 2.75) is 26.2 Å². The lowest BCUT2D eigenvalue weighted by molar-refractivity contribution is 0.0740. The number of unbranched alkanes of at least 4 members (excludes halogenated alkanes) is 1. The summed E-state index contributed by atoms with van der Waals surface area (Å²) in [6.07, 6.45) is 3.33. The monoisotopic (exact) mass is 285 g/mol. The molecule has 1 aromatic heterocycles. The highest BCUT2D eigenvalue weighted by Crippen LogP contribution is 2.23. The maximum atomic E-state index is 11.9. The third-order valence-electron chi connectivity index (χ3n) is 2.91. The lowest BCUT2D eigenvalue weighted by Crippen LogP contribution is -2.07. The van der Waals surface area contributed by atoms with Crippen LogP contribution in [0.2, 0.25) is 0 Å². The average Bonchev–Trinajstić information content (AvgIpc) is 2.93. The maximum absolute atomic E-state index is 11.9. The second-order valence-corrected chi connectivity index (χ2v) is 5.33. The smallest absolute Gasteiger partial charge is 0.344 e. The van der Waals surface area contributed by atoms with Crippen LogP contribution in [0.4, 0.5) is 0 Å². The van der Waals surface area contributed by atoms with Crippen LogP contribution in [-0.4, -0.2) is 5.97 Å². The maximum Gasteiger partial charge on any atom is 0.344 e. The molecule has 0 fully saturated rings. The van der Waals surface area contributed by atoms with E-state index < -0.39 is 5.97 Å². The van der Waals surface area contributed by atoms with Crippen molar-refractivity contribution in [1.82, 2.24) is 0 Å². The lowest BCUT2D eigenvalue weighted by atomic mass is 10.1. The van der Waals surface area contributed by atoms with E-state index in [1.165, 1.54) is 16.9 Å². The molecule has 0 aliphatic rings. The quantitative estimate of drug-likeness (QED) is 0.774. The summed E-state index contributed by atoms with van der Waals surface area (Å²) in [6, 6.07) is 11.1. The second kappa shape index (κ2) is 6.88. The molecule has 0 aliphatic carbocycles. The van der Waals surface area contributed by atoms with Crippen molar-refractivity contribution >= 4 is 17.3 Å². The van der Waals surface area contributed by atoms with Gasteiger partial charge in [-0.2, -0.15) is 5.26 Å². The Kier molecular flexibility index (Phi) is 4.91. The molecule has 1 heterocycles. The van der Waals surface area contributed by atoms with E-state index in [1.54, 1.807) is 23.6 Å². The van der Waals surface area contributed by atoms with Crippen LogP contribution in [0.3, 0.4) is 0 Å². The molecule has 1 aromatic carbocycles. The van der Waals surface area contributed by atoms with Gasteiger partial charge in [0.1, 0.15) is 6.07 Å². The van der Waals surface area contributed by atoms with Gasteiger partial charge in [0.25, 0.3) is 0 Å². The molecule has 0 aliphatic heterocycles. The number of thiophene rings is 1. The van der Waals surface area contributed by atoms with Crippen molar-refractivity contribution in [2.24, 2.45) is 0 Å². The Bertz CT molecular complexity index is 623. The molecule has 0 spiro atoms. The molecule has 0 unspecified atom stereocenters. The number of nitrogens with zero attached hydrogens (tertiary/aromatic N) is 1. The van der Waals surface area contributed by atoms with E-state index >= 15 is 0 Å². The van der Waals surface area contributed by atoms with E-state index in [0.29, 0.717) is 16.2 Å². The number of esters is 1. The standard InChI is InChI=1S/C16H15NO2S/c1-2-3-4-12-5-7-14(8-6-12)16(18)19-15-9-13(10-17)11-20-15/h5-9,11H,2-4H2,1H3. The Hall–Kier alpha value is -2.12. The SMILES string of the molecule is CCCCc1ccc(C(=O)Oc2cc(C#N)cs2)cc1. The van der Waals surface area contributed by atoms with Crippen molar-refractivity contribution < 1.29 is 9.53 Å². The Morgan fingerprint density at radius 1 is 1.35 bits per heavy atom. The van der Waals surface area contributed by atoms with Crippen molar-refractivity contribution in [3.8, 4) is 11.1 Å². The molecule has 20 heavy (non-hydrogen) atoms. The topological polar surface area (TPSA) is 50.1 Å². The van der Waals surface area contributed by atoms with Gasteiger partial charge in [0.2, 0.25) is 0 Å². The lowest BCUT2D eigenvalue weighted by Gasteiger charge is -2.03. The Labute approximate surface area is 122 Å². The van der Waals surface area contributed by atoms with Crippen LogP contribution >= 0.6 is 11.3 Å². The van der Waals surface area contributed by atoms with Gasteiger partial charge in [-0.15, -0.1) is 11.3 Å². The van der Waals surface area contributed by atoms with Gasteiger partial charge >= 0.3 is 5.97 Å². The molecular weight excluding hydrogens is 270 g/mol. The summed E-state index contributed by atoms with van der Waals surface area (Å²) in [7, 11) is 0. The molecule has 0 saturated carbocycles. The van der Waals surface area contributed by atoms with Gasteiger partial charge in [0.15, 0.2) is 5.06 Å². The zero-order valence-electron chi connectivity index (χ0n) is 11.3. The normalized spacial score (nSPS) is 10.0. The summed E-state index contributed by atoms with van der Waals surface area (Å²) < 4.78 is 5.23. The fourth-order valence-electron chi connectivity index (χ4n) is 1.77. The first-order valence-electron chi connectivity index (χ1n) is 6.52. The fraction of sp³-hybridized carbons (Fsp3) is 0.250. The van der Waals surface area contributed by atoms with Crippen LogP contribution in [0.5, 0.6) is 5.06 Å². The highest BCUT2D eigenvalue weighted by molar-refractivity contribution is 7.12. The number of rotatable bonds is 5. The Balaban J connectivity index is 2.00. The van der Waals surface area contributed by atoms with Crippen LogP contribution in [-0.2, 0) is 6.42 Å². The molecule has 4 heteroatoms. The van der Waals surface area contributed by atoms with Crippen molar-refractivity contribution in [2.75, 3.05) is 0 Å². The number of ether oxygens (including phenoxy) is 1. The van der Waals surface area contributed by atoms with Gasteiger partial charge in [-0.3, -0.25) is 0 Å². The summed E-state index contributed by atoms with van der Waals surface area (Å²) in [5.74, 6) is -0.390. The van der Waals surface area contributed by atoms with E-state index in [0.717, 1.165) is 19.3 Å². The highest BCUT2D eigenvalue weighted by Gasteiger charge is 2.10. The van der Waals surface area contributed by atoms with Crippen LogP contribution in [0, 0.1) is 11.3 Å². The zero-order valence-corrected chi connectivity index (χ0v) is 12.1. The van der Waals surface area contributed by atoms with E-state index in [9.17, 15) is 4.79 Å². The van der Waals surface area contributed by atoms with Crippen molar-refractivity contribution in [3.05, 3.63) is 52.4 Å². The summed E-state index contributed by atoms with van der Waals surface area (Å²) in [6.45, 7) is 2.16. The molecule has 0 atom stereocenters. The Morgan fingerprint density at radius 2 is 2.10 bits per heavy atom. The molecule has 0 N–H and O–H groups in total. The minimum absolute atomic E-state index is 0.390. The number of hydrogen-bond donors (Lipinski definition) is 0. The van der Waals surface area contributed by atoms with E-state index in [2.05, 4.69) is 6.92 Å². The molecule has 3 nitrogen and oxygen atoms in total. The number of nitriles is 1. The molecule has 0 saturated heterocycles. The number of aryl methyl sites for hydroxylation is 1. The van der Waals surface area contributed by atoms with Gasteiger partial charge in [-0.25, -0.2) is 4.79 Å². The number of hydrogen-bond acceptors (Lipinski definition) is 4. The summed E-state index contributed by atoms with van der Waals surface area (Å²) in [5, 5.41) is 10.8. The van der Waals surface area contributed by atoms with Crippen molar-refractivity contribution in [3.63, 3.8) is 0 Å². The average molecular weight is 285 g/mol.